The van der Waals surface area contributed by atoms with Crippen molar-refractivity contribution in [2.45, 2.75) is 200 Å². The summed E-state index contributed by atoms with van der Waals surface area (Å²) in [4.78, 5) is 35.7. The fourth-order valence-corrected chi connectivity index (χ4v) is 8.15. The lowest BCUT2D eigenvalue weighted by molar-refractivity contribution is -0.870. The standard InChI is InChI=1S/C72H112NO8P/c1-6-8-10-12-14-16-18-20-22-24-26-28-30-31-32-33-34-35-36-37-38-39-40-41-43-45-47-49-51-53-55-57-59-61-63-65-72(75)81-70(69-80-82(76,77)79-67-66-73(3,4)5)68-78-71(74)64-62-60-58-56-54-52-50-48-46-44-42-29-27-25-23-21-19-17-15-13-11-9-7-2/h8-11,14-17,20-23,26-29,31-32,34-35,37-38,40-41,44-47,50,52,56,58,70H,6-7,12-13,18-19,24-25,30,33,36,39,42-43,48-49,51,53-55,57,59-69H2,1-5H3/p+1/b10-8-,11-9-,16-14-,17-15-,22-20-,23-21-,28-26-,29-27-,32-31-,35-34-,38-37-,41-40-,46-44-,47-45-,52-50-,58-56-. The molecule has 0 bridgehead atoms. The molecule has 0 rings (SSSR count). The largest absolute Gasteiger partial charge is 0.472 e. The van der Waals surface area contributed by atoms with Gasteiger partial charge >= 0.3 is 19.8 Å². The van der Waals surface area contributed by atoms with Crippen LogP contribution < -0.4 is 0 Å². The van der Waals surface area contributed by atoms with E-state index in [1.807, 2.05) is 21.1 Å². The van der Waals surface area contributed by atoms with Gasteiger partial charge in [0.2, 0.25) is 0 Å². The molecule has 2 atom stereocenters. The molecule has 1 N–H and O–H groups in total. The number of carbonyl (C=O) groups excluding carboxylic acids is 2. The molecule has 9 nitrogen and oxygen atoms in total. The lowest BCUT2D eigenvalue weighted by Crippen LogP contribution is -2.37. The van der Waals surface area contributed by atoms with Crippen molar-refractivity contribution in [3.05, 3.63) is 194 Å². The highest BCUT2D eigenvalue weighted by atomic mass is 31.2. The summed E-state index contributed by atoms with van der Waals surface area (Å²) < 4.78 is 34.5. The molecular weight excluding hydrogens is 1040 g/mol. The van der Waals surface area contributed by atoms with Crippen molar-refractivity contribution >= 4 is 19.8 Å². The van der Waals surface area contributed by atoms with Gasteiger partial charge in [0.1, 0.15) is 19.8 Å². The van der Waals surface area contributed by atoms with Crippen LogP contribution in [0.15, 0.2) is 194 Å². The zero-order chi connectivity index (χ0) is 59.8. The van der Waals surface area contributed by atoms with E-state index >= 15 is 0 Å². The van der Waals surface area contributed by atoms with E-state index < -0.39 is 32.5 Å². The van der Waals surface area contributed by atoms with Gasteiger partial charge in [-0.3, -0.25) is 18.6 Å². The van der Waals surface area contributed by atoms with Crippen LogP contribution in [-0.4, -0.2) is 74.9 Å². The second kappa shape index (κ2) is 60.4. The second-order valence-electron chi connectivity index (χ2n) is 21.0. The minimum atomic E-state index is -4.42. The van der Waals surface area contributed by atoms with Gasteiger partial charge in [-0.1, -0.05) is 240 Å². The quantitative estimate of drug-likeness (QED) is 0.0211. The molecule has 458 valence electrons. The molecular formula is C72H113NO8P+. The number of phosphoric ester groups is 1. The Morgan fingerprint density at radius 3 is 1.01 bits per heavy atom. The Morgan fingerprint density at radius 1 is 0.378 bits per heavy atom. The van der Waals surface area contributed by atoms with Crippen LogP contribution in [0.4, 0.5) is 0 Å². The predicted molar refractivity (Wildman–Crippen MR) is 352 cm³/mol. The lowest BCUT2D eigenvalue weighted by Gasteiger charge is -2.24. The third-order valence-electron chi connectivity index (χ3n) is 12.1. The molecule has 2 unspecified atom stereocenters. The Bertz CT molecular complexity index is 2080. The van der Waals surface area contributed by atoms with Gasteiger partial charge in [0.15, 0.2) is 6.10 Å². The number of carbonyl (C=O) groups is 2. The van der Waals surface area contributed by atoms with Crippen LogP contribution in [0.1, 0.15) is 194 Å². The highest BCUT2D eigenvalue weighted by Crippen LogP contribution is 2.43. The highest BCUT2D eigenvalue weighted by molar-refractivity contribution is 7.47. The van der Waals surface area contributed by atoms with E-state index in [1.165, 1.54) is 12.8 Å². The first-order chi connectivity index (χ1) is 40.0. The van der Waals surface area contributed by atoms with Gasteiger partial charge < -0.3 is 18.9 Å². The second-order valence-corrected chi connectivity index (χ2v) is 22.4. The molecule has 0 aliphatic rings. The van der Waals surface area contributed by atoms with Gasteiger partial charge in [-0.2, -0.15) is 0 Å². The highest BCUT2D eigenvalue weighted by Gasteiger charge is 2.27. The Labute approximate surface area is 501 Å². The number of esters is 2. The van der Waals surface area contributed by atoms with Crippen molar-refractivity contribution in [1.29, 1.82) is 0 Å². The van der Waals surface area contributed by atoms with E-state index in [4.69, 9.17) is 18.5 Å². The van der Waals surface area contributed by atoms with Gasteiger partial charge in [-0.05, 0) is 135 Å². The van der Waals surface area contributed by atoms with Crippen molar-refractivity contribution < 1.29 is 42.1 Å². The average molecular weight is 1150 g/mol. The van der Waals surface area contributed by atoms with Crippen molar-refractivity contribution in [2.75, 3.05) is 47.5 Å². The van der Waals surface area contributed by atoms with E-state index in [1.54, 1.807) is 0 Å². The smallest absolute Gasteiger partial charge is 0.462 e. The molecule has 0 aliphatic carbocycles. The summed E-state index contributed by atoms with van der Waals surface area (Å²) in [5.74, 6) is -0.899. The molecule has 82 heavy (non-hydrogen) atoms. The first-order valence-corrected chi connectivity index (χ1v) is 32.7. The minimum absolute atomic E-state index is 0.00814. The number of unbranched alkanes of at least 4 members (excludes halogenated alkanes) is 8. The Balaban J connectivity index is 4.30. The van der Waals surface area contributed by atoms with Crippen molar-refractivity contribution in [2.24, 2.45) is 0 Å². The summed E-state index contributed by atoms with van der Waals surface area (Å²) in [5.41, 5.74) is 0. The van der Waals surface area contributed by atoms with E-state index in [-0.39, 0.29) is 26.1 Å². The summed E-state index contributed by atoms with van der Waals surface area (Å²) in [6, 6.07) is 0. The molecule has 0 aromatic rings. The first-order valence-electron chi connectivity index (χ1n) is 31.2. The maximum atomic E-state index is 12.8. The fraction of sp³-hybridized carbons (Fsp3) is 0.528. The van der Waals surface area contributed by atoms with Crippen molar-refractivity contribution in [3.8, 4) is 0 Å². The monoisotopic (exact) mass is 1150 g/mol. The molecule has 0 aliphatic heterocycles. The van der Waals surface area contributed by atoms with Crippen LogP contribution in [0.2, 0.25) is 0 Å². The lowest BCUT2D eigenvalue weighted by atomic mass is 10.1. The van der Waals surface area contributed by atoms with Crippen LogP contribution in [-0.2, 0) is 32.7 Å². The first kappa shape index (κ1) is 76.9. The number of likely N-dealkylation sites (N-methyl/N-ethyl adjacent to an activating group) is 1. The van der Waals surface area contributed by atoms with E-state index in [0.29, 0.717) is 23.9 Å². The molecule has 0 spiro atoms. The Morgan fingerprint density at radius 2 is 0.671 bits per heavy atom. The SMILES string of the molecule is CC/C=C\C/C=C\C/C=C\C/C=C\C/C=C\C/C=C\C/C=C\C/C=C\C/C=C\CCCCCCCCCC(=O)OC(COC(=O)CCC/C=C\C/C=C\C/C=C\C/C=C\C/C=C\C/C=C\C/C=C\CC)COP(=O)(O)OCC[N+](C)(C)C. The molecule has 0 fully saturated rings. The molecule has 0 aromatic carbocycles. The number of quaternary nitrogens is 1. The number of hydrogen-bond donors (Lipinski definition) is 1. The van der Waals surface area contributed by atoms with E-state index in [9.17, 15) is 19.0 Å². The number of ether oxygens (including phenoxy) is 2. The normalized spacial score (nSPS) is 14.6. The number of hydrogen-bond acceptors (Lipinski definition) is 7. The molecule has 0 saturated carbocycles. The van der Waals surface area contributed by atoms with Gasteiger partial charge in [-0.15, -0.1) is 0 Å². The topological polar surface area (TPSA) is 108 Å². The minimum Gasteiger partial charge on any atom is -0.462 e. The zero-order valence-corrected chi connectivity index (χ0v) is 52.8. The van der Waals surface area contributed by atoms with Crippen LogP contribution in [0.3, 0.4) is 0 Å². The number of rotatable bonds is 54. The van der Waals surface area contributed by atoms with Crippen LogP contribution >= 0.6 is 7.82 Å². The fourth-order valence-electron chi connectivity index (χ4n) is 7.41. The number of phosphoric acid groups is 1. The molecule has 0 heterocycles. The van der Waals surface area contributed by atoms with Crippen LogP contribution in [0, 0.1) is 0 Å². The predicted octanol–water partition coefficient (Wildman–Crippen LogP) is 20.1. The number of nitrogens with zero attached hydrogens (tertiary/aromatic N) is 1. The summed E-state index contributed by atoms with van der Waals surface area (Å²) in [7, 11) is 1.40. The maximum Gasteiger partial charge on any atom is 0.472 e. The molecule has 10 heteroatoms. The molecule has 0 saturated heterocycles. The van der Waals surface area contributed by atoms with Gasteiger partial charge in [0.25, 0.3) is 0 Å². The third kappa shape index (κ3) is 64.0. The Kier molecular flexibility index (Phi) is 56.6. The van der Waals surface area contributed by atoms with Gasteiger partial charge in [0.05, 0.1) is 27.7 Å². The Hall–Kier alpha value is -5.15. The van der Waals surface area contributed by atoms with Crippen molar-refractivity contribution in [3.63, 3.8) is 0 Å². The van der Waals surface area contributed by atoms with Crippen LogP contribution in [0.25, 0.3) is 0 Å². The average Bonchev–Trinajstić information content (AvgIpc) is 3.45. The molecule has 0 amide bonds. The van der Waals surface area contributed by atoms with Gasteiger partial charge in [0, 0.05) is 12.8 Å². The van der Waals surface area contributed by atoms with Gasteiger partial charge in [-0.25, -0.2) is 4.57 Å². The van der Waals surface area contributed by atoms with E-state index in [2.05, 4.69) is 208 Å². The van der Waals surface area contributed by atoms with E-state index in [0.717, 1.165) is 141 Å². The summed E-state index contributed by atoms with van der Waals surface area (Å²) >= 11 is 0. The molecule has 0 radical (unpaired) electrons. The molecule has 0 aromatic heterocycles. The zero-order valence-electron chi connectivity index (χ0n) is 51.9. The van der Waals surface area contributed by atoms with Crippen molar-refractivity contribution in [1.82, 2.24) is 0 Å². The number of allylic oxidation sites excluding steroid dienone is 32. The van der Waals surface area contributed by atoms with Crippen LogP contribution in [0.5, 0.6) is 0 Å². The third-order valence-corrected chi connectivity index (χ3v) is 13.1. The summed E-state index contributed by atoms with van der Waals surface area (Å²) in [5, 5.41) is 0. The maximum absolute atomic E-state index is 12.8. The summed E-state index contributed by atoms with van der Waals surface area (Å²) in [6.07, 6.45) is 95.1. The summed E-state index contributed by atoms with van der Waals surface area (Å²) in [6.45, 7) is 4.09.